The van der Waals surface area contributed by atoms with Crippen LogP contribution in [0.2, 0.25) is 0 Å². The van der Waals surface area contributed by atoms with Crippen LogP contribution in [-0.2, 0) is 0 Å². The summed E-state index contributed by atoms with van der Waals surface area (Å²) in [5, 5.41) is 11.3. The predicted octanol–water partition coefficient (Wildman–Crippen LogP) is 4.43. The van der Waals surface area contributed by atoms with E-state index in [0.717, 1.165) is 34.9 Å². The van der Waals surface area contributed by atoms with E-state index in [9.17, 15) is 5.11 Å². The molecule has 20 heavy (non-hydrogen) atoms. The van der Waals surface area contributed by atoms with Crippen LogP contribution < -0.4 is 0 Å². The highest BCUT2D eigenvalue weighted by atomic mass is 32.2. The van der Waals surface area contributed by atoms with Crippen molar-refractivity contribution in [2.75, 3.05) is 12.0 Å². The fraction of sp³-hybridized carbons (Fsp3) is 0.533. The third kappa shape index (κ3) is 3.01. The van der Waals surface area contributed by atoms with Gasteiger partial charge < -0.3 is 5.11 Å². The zero-order chi connectivity index (χ0) is 14.0. The molecule has 0 saturated heterocycles. The molecule has 2 nitrogen and oxygen atoms in total. The number of hydrogen-bond acceptors (Lipinski definition) is 5. The highest BCUT2D eigenvalue weighted by Crippen LogP contribution is 2.40. The average molecular weight is 326 g/mol. The number of benzene rings is 1. The molecule has 0 bridgehead atoms. The molecule has 1 aliphatic carbocycles. The molecule has 1 aromatic carbocycles. The maximum absolute atomic E-state index is 10.9. The van der Waals surface area contributed by atoms with Crippen LogP contribution in [0.3, 0.4) is 0 Å². The van der Waals surface area contributed by atoms with Crippen LogP contribution in [0.25, 0.3) is 10.2 Å². The third-order valence-corrected chi connectivity index (χ3v) is 7.59. The normalized spacial score (nSPS) is 27.0. The molecule has 1 heterocycles. The van der Waals surface area contributed by atoms with Gasteiger partial charge in [0.2, 0.25) is 0 Å². The van der Waals surface area contributed by atoms with Crippen molar-refractivity contribution in [2.45, 2.75) is 40.9 Å². The van der Waals surface area contributed by atoms with Crippen LogP contribution in [0.1, 0.15) is 25.7 Å². The number of nitrogens with zero attached hydrogens (tertiary/aromatic N) is 1. The molecule has 0 radical (unpaired) electrons. The molecular weight excluding hydrogens is 306 g/mol. The summed E-state index contributed by atoms with van der Waals surface area (Å²) in [6.45, 7) is 0. The van der Waals surface area contributed by atoms with E-state index in [4.69, 9.17) is 0 Å². The Balaban J connectivity index is 1.71. The van der Waals surface area contributed by atoms with E-state index in [-0.39, 0.29) is 0 Å². The minimum atomic E-state index is -0.528. The number of thioether (sulfide) groups is 2. The van der Waals surface area contributed by atoms with E-state index in [0.29, 0.717) is 5.25 Å². The number of thiazole rings is 1. The fourth-order valence-electron chi connectivity index (χ4n) is 2.79. The smallest absolute Gasteiger partial charge is 0.151 e. The average Bonchev–Trinajstić information content (AvgIpc) is 2.89. The summed E-state index contributed by atoms with van der Waals surface area (Å²) in [5.41, 5.74) is 0.539. The fourth-order valence-corrected chi connectivity index (χ4v) is 6.20. The Morgan fingerprint density at radius 2 is 2.25 bits per heavy atom. The maximum Gasteiger partial charge on any atom is 0.151 e. The van der Waals surface area contributed by atoms with Crippen molar-refractivity contribution in [1.82, 2.24) is 4.98 Å². The highest BCUT2D eigenvalue weighted by molar-refractivity contribution is 8.01. The molecule has 5 heteroatoms. The number of rotatable bonds is 4. The Morgan fingerprint density at radius 1 is 1.40 bits per heavy atom. The van der Waals surface area contributed by atoms with Crippen LogP contribution in [-0.4, -0.2) is 33.0 Å². The van der Waals surface area contributed by atoms with Crippen molar-refractivity contribution in [3.05, 3.63) is 24.3 Å². The van der Waals surface area contributed by atoms with Gasteiger partial charge in [-0.3, -0.25) is 0 Å². The largest absolute Gasteiger partial charge is 0.388 e. The molecule has 0 spiro atoms. The molecule has 1 aromatic heterocycles. The van der Waals surface area contributed by atoms with Crippen molar-refractivity contribution < 1.29 is 5.11 Å². The lowest BCUT2D eigenvalue weighted by Crippen LogP contribution is -2.45. The molecule has 3 rings (SSSR count). The summed E-state index contributed by atoms with van der Waals surface area (Å²) in [4.78, 5) is 4.64. The minimum absolute atomic E-state index is 0.373. The van der Waals surface area contributed by atoms with Crippen LogP contribution in [0.15, 0.2) is 28.6 Å². The molecule has 1 N–H and O–H groups in total. The van der Waals surface area contributed by atoms with Crippen LogP contribution in [0.5, 0.6) is 0 Å². The van der Waals surface area contributed by atoms with Crippen LogP contribution >= 0.6 is 34.9 Å². The zero-order valence-corrected chi connectivity index (χ0v) is 14.0. The van der Waals surface area contributed by atoms with Gasteiger partial charge in [0, 0.05) is 11.0 Å². The van der Waals surface area contributed by atoms with E-state index < -0.39 is 5.60 Å². The molecule has 1 aliphatic rings. The van der Waals surface area contributed by atoms with Crippen LogP contribution in [0, 0.1) is 0 Å². The maximum atomic E-state index is 10.9. The van der Waals surface area contributed by atoms with E-state index in [1.807, 2.05) is 23.9 Å². The van der Waals surface area contributed by atoms with Crippen molar-refractivity contribution in [3.63, 3.8) is 0 Å². The predicted molar refractivity (Wildman–Crippen MR) is 91.1 cm³/mol. The first-order chi connectivity index (χ1) is 9.71. The summed E-state index contributed by atoms with van der Waals surface area (Å²) >= 11 is 5.25. The molecule has 108 valence electrons. The zero-order valence-electron chi connectivity index (χ0n) is 11.5. The summed E-state index contributed by atoms with van der Waals surface area (Å²) in [6, 6.07) is 8.23. The number of fused-ring (bicyclic) bond motifs is 1. The lowest BCUT2D eigenvalue weighted by atomic mass is 9.86. The van der Waals surface area contributed by atoms with E-state index in [1.54, 1.807) is 23.1 Å². The third-order valence-electron chi connectivity index (χ3n) is 3.93. The van der Waals surface area contributed by atoms with Gasteiger partial charge in [-0.05, 0) is 31.2 Å². The van der Waals surface area contributed by atoms with Crippen molar-refractivity contribution in [3.8, 4) is 0 Å². The molecule has 1 saturated carbocycles. The van der Waals surface area contributed by atoms with Gasteiger partial charge in [-0.15, -0.1) is 11.3 Å². The van der Waals surface area contributed by atoms with Gasteiger partial charge in [-0.2, -0.15) is 11.8 Å². The molecule has 0 unspecified atom stereocenters. The summed E-state index contributed by atoms with van der Waals surface area (Å²) in [6.07, 6.45) is 6.57. The number of aromatic nitrogens is 1. The van der Waals surface area contributed by atoms with Gasteiger partial charge in [-0.1, -0.05) is 36.7 Å². The standard InChI is InChI=1S/C15H19NOS3/c1-18-13-8-4-5-9-15(13,17)10-19-14-16-11-6-2-3-7-12(11)20-14/h2-3,6-7,13,17H,4-5,8-10H2,1H3/t13-,15+/m1/s1. The van der Waals surface area contributed by atoms with Crippen LogP contribution in [0.4, 0.5) is 0 Å². The topological polar surface area (TPSA) is 33.1 Å². The second-order valence-corrected chi connectivity index (χ2v) is 8.60. The highest BCUT2D eigenvalue weighted by Gasteiger charge is 2.38. The molecule has 1 fully saturated rings. The molecule has 2 atom stereocenters. The van der Waals surface area contributed by atoms with Gasteiger partial charge >= 0.3 is 0 Å². The first-order valence-corrected chi connectivity index (χ1v) is 10.0. The van der Waals surface area contributed by atoms with Gasteiger partial charge in [0.25, 0.3) is 0 Å². The summed E-state index contributed by atoms with van der Waals surface area (Å²) < 4.78 is 2.30. The van der Waals surface area contributed by atoms with Gasteiger partial charge in [-0.25, -0.2) is 4.98 Å². The summed E-state index contributed by atoms with van der Waals surface area (Å²) in [5.74, 6) is 0.762. The first kappa shape index (κ1) is 14.7. The molecule has 0 aliphatic heterocycles. The number of aliphatic hydroxyl groups is 1. The summed E-state index contributed by atoms with van der Waals surface area (Å²) in [7, 11) is 0. The van der Waals surface area contributed by atoms with E-state index in [2.05, 4.69) is 23.4 Å². The lowest BCUT2D eigenvalue weighted by molar-refractivity contribution is 0.0341. The SMILES string of the molecule is CS[C@@H]1CCCC[C@]1(O)CSc1nc2ccccc2s1. The Morgan fingerprint density at radius 3 is 3.05 bits per heavy atom. The second kappa shape index (κ2) is 6.26. The number of hydrogen-bond donors (Lipinski definition) is 1. The quantitative estimate of drug-likeness (QED) is 0.843. The Bertz CT molecular complexity index is 552. The molecular formula is C15H19NOS3. The molecule has 0 amide bonds. The van der Waals surface area contributed by atoms with E-state index >= 15 is 0 Å². The Hall–Kier alpha value is -0.230. The first-order valence-electron chi connectivity index (χ1n) is 6.95. The Kier molecular flexibility index (Phi) is 4.60. The van der Waals surface area contributed by atoms with Gasteiger partial charge in [0.05, 0.1) is 15.8 Å². The number of para-hydroxylation sites is 1. The van der Waals surface area contributed by atoms with E-state index in [1.165, 1.54) is 11.1 Å². The van der Waals surface area contributed by atoms with Crippen molar-refractivity contribution in [2.24, 2.45) is 0 Å². The van der Waals surface area contributed by atoms with Crippen molar-refractivity contribution in [1.29, 1.82) is 0 Å². The van der Waals surface area contributed by atoms with Gasteiger partial charge in [0.15, 0.2) is 4.34 Å². The monoisotopic (exact) mass is 325 g/mol. The van der Waals surface area contributed by atoms with Gasteiger partial charge in [0.1, 0.15) is 0 Å². The lowest BCUT2D eigenvalue weighted by Gasteiger charge is -2.38. The molecule has 2 aromatic rings. The Labute approximate surface area is 132 Å². The van der Waals surface area contributed by atoms with Crippen molar-refractivity contribution >= 4 is 45.1 Å². The second-order valence-electron chi connectivity index (χ2n) is 5.31. The minimum Gasteiger partial charge on any atom is -0.388 e.